The van der Waals surface area contributed by atoms with Crippen molar-refractivity contribution in [3.05, 3.63) is 257 Å². The van der Waals surface area contributed by atoms with Gasteiger partial charge in [0.05, 0.1) is 11.1 Å². The highest BCUT2D eigenvalue weighted by Crippen LogP contribution is 2.38. The Hall–Kier alpha value is -5.67. The molecule has 0 radical (unpaired) electrons. The summed E-state index contributed by atoms with van der Waals surface area (Å²) in [5.74, 6) is 0. The van der Waals surface area contributed by atoms with E-state index in [1.807, 2.05) is 0 Å². The van der Waals surface area contributed by atoms with Crippen LogP contribution in [0, 0.1) is 6.42 Å². The molecule has 7 rings (SSSR count). The molecule has 0 amide bonds. The molecule has 0 unspecified atom stereocenters. The highest BCUT2D eigenvalue weighted by atomic mass is 15.0. The molecule has 240 valence electrons. The molecule has 6 aromatic carbocycles. The fourth-order valence-corrected chi connectivity index (χ4v) is 7.07. The van der Waals surface area contributed by atoms with Crippen molar-refractivity contribution >= 4 is 0 Å². The molecule has 49 heavy (non-hydrogen) atoms. The summed E-state index contributed by atoms with van der Waals surface area (Å²) in [5.41, 5.74) is 8.66. The Morgan fingerprint density at radius 1 is 0.408 bits per heavy atom. The summed E-state index contributed by atoms with van der Waals surface area (Å²) in [6.45, 7) is 1.39. The number of allylic oxidation sites excluding steroid dienone is 3. The summed E-state index contributed by atoms with van der Waals surface area (Å²) < 4.78 is 0. The minimum atomic E-state index is -0.506. The second-order valence-corrected chi connectivity index (χ2v) is 12.4. The zero-order valence-corrected chi connectivity index (χ0v) is 27.6. The van der Waals surface area contributed by atoms with Gasteiger partial charge < -0.3 is 10.6 Å². The molecule has 0 fully saturated rings. The van der Waals surface area contributed by atoms with Crippen LogP contribution < -0.4 is 10.6 Å². The van der Waals surface area contributed by atoms with Crippen molar-refractivity contribution in [2.24, 2.45) is 0 Å². The average molecular weight is 634 g/mol. The molecule has 2 N–H and O–H groups in total. The second kappa shape index (κ2) is 15.0. The van der Waals surface area contributed by atoms with Crippen LogP contribution in [0.2, 0.25) is 0 Å². The summed E-state index contributed by atoms with van der Waals surface area (Å²) in [6, 6.07) is 64.6. The monoisotopic (exact) mass is 633 g/mol. The van der Waals surface area contributed by atoms with Crippen LogP contribution in [0.15, 0.2) is 217 Å². The maximum absolute atomic E-state index is 4.01. The van der Waals surface area contributed by atoms with Crippen LogP contribution in [0.4, 0.5) is 0 Å². The van der Waals surface area contributed by atoms with Gasteiger partial charge in [0.15, 0.2) is 0 Å². The maximum atomic E-state index is 4.01. The van der Waals surface area contributed by atoms with E-state index in [0.29, 0.717) is 13.1 Å². The first kappa shape index (κ1) is 31.9. The van der Waals surface area contributed by atoms with Crippen molar-refractivity contribution in [1.82, 2.24) is 10.6 Å². The van der Waals surface area contributed by atoms with Crippen LogP contribution in [0.3, 0.4) is 0 Å². The Kier molecular flexibility index (Phi) is 9.79. The fraction of sp³-hybridized carbons (Fsp3) is 0.0851. The van der Waals surface area contributed by atoms with Gasteiger partial charge in [0.25, 0.3) is 0 Å². The predicted octanol–water partition coefficient (Wildman–Crippen LogP) is 9.78. The number of rotatable bonds is 12. The molecule has 0 spiro atoms. The summed E-state index contributed by atoms with van der Waals surface area (Å²) >= 11 is 0. The van der Waals surface area contributed by atoms with Gasteiger partial charge in [0.2, 0.25) is 0 Å². The van der Waals surface area contributed by atoms with Crippen LogP contribution in [0.1, 0.15) is 33.4 Å². The first-order valence-corrected chi connectivity index (χ1v) is 17.0. The molecular formula is C47H41N2-. The Balaban J connectivity index is 1.13. The van der Waals surface area contributed by atoms with Gasteiger partial charge in [-0.15, -0.1) is 36.3 Å². The highest BCUT2D eigenvalue weighted by molar-refractivity contribution is 5.52. The standard InChI is InChI=1S/C47H41N2/c1-7-19-40(20-8-1)46(41-21-9-2-10-22-41,42-23-11-3-12-24-42)48-36-35-38-31-33-39(34-32-38)37-49-47(43-25-13-4-14-26-43,44-27-15-5-16-28-44)45-29-17-6-18-30-45/h1-35,48-49H,36-37H2/q-1. The van der Waals surface area contributed by atoms with Crippen molar-refractivity contribution in [3.8, 4) is 0 Å². The summed E-state index contributed by atoms with van der Waals surface area (Å²) in [5, 5.41) is 7.99. The summed E-state index contributed by atoms with van der Waals surface area (Å²) in [4.78, 5) is 0. The Morgan fingerprint density at radius 3 is 1.04 bits per heavy atom. The minimum absolute atomic E-state index is 0.500. The van der Waals surface area contributed by atoms with Gasteiger partial charge in [-0.2, -0.15) is 5.57 Å². The van der Waals surface area contributed by atoms with Crippen LogP contribution in [-0.4, -0.2) is 13.1 Å². The second-order valence-electron chi connectivity index (χ2n) is 12.4. The minimum Gasteiger partial charge on any atom is -0.305 e. The zero-order valence-electron chi connectivity index (χ0n) is 27.6. The fourth-order valence-electron chi connectivity index (χ4n) is 7.07. The molecular weight excluding hydrogens is 593 g/mol. The van der Waals surface area contributed by atoms with Crippen molar-refractivity contribution < 1.29 is 0 Å². The van der Waals surface area contributed by atoms with Crippen LogP contribution in [0.5, 0.6) is 0 Å². The molecule has 2 nitrogen and oxygen atoms in total. The Labute approximate surface area is 291 Å². The lowest BCUT2D eigenvalue weighted by Crippen LogP contribution is -2.45. The van der Waals surface area contributed by atoms with E-state index in [1.165, 1.54) is 44.5 Å². The molecule has 0 atom stereocenters. The lowest BCUT2D eigenvalue weighted by molar-refractivity contribution is 0.496. The maximum Gasteiger partial charge on any atom is 0.0943 e. The first-order valence-electron chi connectivity index (χ1n) is 17.0. The molecule has 0 saturated carbocycles. The molecule has 0 bridgehead atoms. The van der Waals surface area contributed by atoms with Gasteiger partial charge in [-0.1, -0.05) is 182 Å². The molecule has 1 aliphatic carbocycles. The molecule has 1 aliphatic rings. The van der Waals surface area contributed by atoms with E-state index in [0.717, 1.165) is 0 Å². The van der Waals surface area contributed by atoms with Gasteiger partial charge in [-0.3, -0.25) is 0 Å². The van der Waals surface area contributed by atoms with Gasteiger partial charge >= 0.3 is 0 Å². The van der Waals surface area contributed by atoms with E-state index in [1.54, 1.807) is 0 Å². The van der Waals surface area contributed by atoms with Gasteiger partial charge in [0, 0.05) is 0 Å². The summed E-state index contributed by atoms with van der Waals surface area (Å²) in [6.07, 6.45) is 11.2. The van der Waals surface area contributed by atoms with Crippen molar-refractivity contribution in [2.45, 2.75) is 11.1 Å². The highest BCUT2D eigenvalue weighted by Gasteiger charge is 2.36. The van der Waals surface area contributed by atoms with Crippen LogP contribution >= 0.6 is 0 Å². The molecule has 0 heterocycles. The lowest BCUT2D eigenvalue weighted by Gasteiger charge is -2.38. The average Bonchev–Trinajstić information content (AvgIpc) is 3.20. The molecule has 6 aromatic rings. The third kappa shape index (κ3) is 6.71. The van der Waals surface area contributed by atoms with E-state index in [9.17, 15) is 0 Å². The largest absolute Gasteiger partial charge is 0.305 e. The van der Waals surface area contributed by atoms with Crippen molar-refractivity contribution in [3.63, 3.8) is 0 Å². The number of benzene rings is 6. The first-order chi connectivity index (χ1) is 24.3. The van der Waals surface area contributed by atoms with E-state index in [-0.39, 0.29) is 0 Å². The third-order valence-electron chi connectivity index (χ3n) is 9.48. The van der Waals surface area contributed by atoms with Crippen LogP contribution in [-0.2, 0) is 11.1 Å². The number of hydrogen-bond acceptors (Lipinski definition) is 2. The van der Waals surface area contributed by atoms with Gasteiger partial charge in [0.1, 0.15) is 0 Å². The third-order valence-corrected chi connectivity index (χ3v) is 9.48. The molecule has 2 heteroatoms. The topological polar surface area (TPSA) is 24.1 Å². The van der Waals surface area contributed by atoms with E-state index < -0.39 is 11.1 Å². The van der Waals surface area contributed by atoms with E-state index >= 15 is 0 Å². The smallest absolute Gasteiger partial charge is 0.0943 e. The molecule has 0 aromatic heterocycles. The van der Waals surface area contributed by atoms with E-state index in [4.69, 9.17) is 0 Å². The van der Waals surface area contributed by atoms with Crippen molar-refractivity contribution in [1.29, 1.82) is 0 Å². The van der Waals surface area contributed by atoms with Crippen molar-refractivity contribution in [2.75, 3.05) is 13.1 Å². The molecule has 0 saturated heterocycles. The van der Waals surface area contributed by atoms with Gasteiger partial charge in [-0.05, 0) is 46.5 Å². The van der Waals surface area contributed by atoms with Crippen LogP contribution in [0.25, 0.3) is 0 Å². The SMILES string of the molecule is C1=CC(CNC(c2ccccc2)(c2ccccc2)c2ccccc2)=C[CH-]C1=CCNC(c1ccccc1)(c1ccccc1)c1ccccc1. The number of nitrogens with one attached hydrogen (secondary N) is 2. The predicted molar refractivity (Wildman–Crippen MR) is 204 cm³/mol. The Morgan fingerprint density at radius 2 is 0.735 bits per heavy atom. The quantitative estimate of drug-likeness (QED) is 0.104. The molecule has 0 aliphatic heterocycles. The van der Waals surface area contributed by atoms with E-state index in [2.05, 4.69) is 223 Å². The normalized spacial score (nSPS) is 13.9. The van der Waals surface area contributed by atoms with Gasteiger partial charge in [-0.25, -0.2) is 0 Å². The Bertz CT molecular complexity index is 1800. The lowest BCUT2D eigenvalue weighted by atomic mass is 9.76. The summed E-state index contributed by atoms with van der Waals surface area (Å²) in [7, 11) is 0. The number of hydrogen-bond donors (Lipinski definition) is 2. The zero-order chi connectivity index (χ0) is 33.2.